The summed E-state index contributed by atoms with van der Waals surface area (Å²) in [6.45, 7) is 1.79. The lowest BCUT2D eigenvalue weighted by molar-refractivity contribution is 0.208. The highest BCUT2D eigenvalue weighted by molar-refractivity contribution is 9.10. The van der Waals surface area contributed by atoms with E-state index < -0.39 is 17.7 Å². The second kappa shape index (κ2) is 4.84. The molecule has 1 heterocycles. The van der Waals surface area contributed by atoms with Crippen LogP contribution >= 0.6 is 27.3 Å². The van der Waals surface area contributed by atoms with Crippen LogP contribution in [0.25, 0.3) is 0 Å². The van der Waals surface area contributed by atoms with Crippen molar-refractivity contribution in [3.05, 3.63) is 55.7 Å². The summed E-state index contributed by atoms with van der Waals surface area (Å²) in [7, 11) is 0. The van der Waals surface area contributed by atoms with Crippen LogP contribution in [0.2, 0.25) is 0 Å². The molecular formula is C12H9BrF2OS. The number of hydrogen-bond donors (Lipinski definition) is 1. The van der Waals surface area contributed by atoms with Crippen molar-refractivity contribution in [1.29, 1.82) is 0 Å². The minimum atomic E-state index is -1.28. The standard InChI is InChI=1S/C12H9BrF2OS/c1-6-4-17-5-7(6)12(16)10-9(14)3-2-8(13)11(10)15/h2-5,12,16H,1H3. The van der Waals surface area contributed by atoms with Gasteiger partial charge in [0.25, 0.3) is 0 Å². The molecule has 1 aromatic carbocycles. The van der Waals surface area contributed by atoms with Gasteiger partial charge in [-0.25, -0.2) is 8.78 Å². The average Bonchev–Trinajstić information content (AvgIpc) is 2.70. The molecule has 0 fully saturated rings. The Morgan fingerprint density at radius 1 is 1.29 bits per heavy atom. The molecule has 2 aromatic rings. The largest absolute Gasteiger partial charge is 0.383 e. The Balaban J connectivity index is 2.55. The minimum absolute atomic E-state index is 0.140. The fraction of sp³-hybridized carbons (Fsp3) is 0.167. The average molecular weight is 319 g/mol. The summed E-state index contributed by atoms with van der Waals surface area (Å²) < 4.78 is 27.5. The Bertz CT molecular complexity index is 553. The number of hydrogen-bond acceptors (Lipinski definition) is 2. The number of aliphatic hydroxyl groups is 1. The third-order valence-corrected chi connectivity index (χ3v) is 4.03. The van der Waals surface area contributed by atoms with Crippen molar-refractivity contribution in [3.8, 4) is 0 Å². The molecule has 0 aliphatic rings. The molecule has 90 valence electrons. The molecule has 0 saturated heterocycles. The number of benzene rings is 1. The fourth-order valence-electron chi connectivity index (χ4n) is 1.60. The van der Waals surface area contributed by atoms with Crippen LogP contribution in [-0.4, -0.2) is 5.11 Å². The van der Waals surface area contributed by atoms with Crippen molar-refractivity contribution < 1.29 is 13.9 Å². The molecule has 1 aromatic heterocycles. The van der Waals surface area contributed by atoms with E-state index in [9.17, 15) is 13.9 Å². The van der Waals surface area contributed by atoms with Crippen LogP contribution in [0.15, 0.2) is 27.4 Å². The molecule has 0 saturated carbocycles. The number of halogens is 3. The highest BCUT2D eigenvalue weighted by Crippen LogP contribution is 2.33. The van der Waals surface area contributed by atoms with E-state index in [2.05, 4.69) is 15.9 Å². The van der Waals surface area contributed by atoms with Gasteiger partial charge in [0.2, 0.25) is 0 Å². The van der Waals surface area contributed by atoms with E-state index in [4.69, 9.17) is 0 Å². The van der Waals surface area contributed by atoms with Crippen LogP contribution in [0.5, 0.6) is 0 Å². The van der Waals surface area contributed by atoms with Gasteiger partial charge >= 0.3 is 0 Å². The molecule has 0 spiro atoms. The fourth-order valence-corrected chi connectivity index (χ4v) is 2.81. The van der Waals surface area contributed by atoms with Crippen molar-refractivity contribution in [2.24, 2.45) is 0 Å². The summed E-state index contributed by atoms with van der Waals surface area (Å²) in [5.41, 5.74) is 1.04. The van der Waals surface area contributed by atoms with E-state index in [1.807, 2.05) is 5.38 Å². The van der Waals surface area contributed by atoms with Crippen LogP contribution < -0.4 is 0 Å². The van der Waals surface area contributed by atoms with Crippen molar-refractivity contribution in [1.82, 2.24) is 0 Å². The first kappa shape index (κ1) is 12.7. The van der Waals surface area contributed by atoms with Gasteiger partial charge in [-0.15, -0.1) is 0 Å². The minimum Gasteiger partial charge on any atom is -0.383 e. The molecule has 1 unspecified atom stereocenters. The van der Waals surface area contributed by atoms with Gasteiger partial charge in [0.15, 0.2) is 0 Å². The van der Waals surface area contributed by atoms with Crippen molar-refractivity contribution in [3.63, 3.8) is 0 Å². The molecule has 0 aliphatic carbocycles. The van der Waals surface area contributed by atoms with Crippen LogP contribution in [0.3, 0.4) is 0 Å². The van der Waals surface area contributed by atoms with E-state index in [-0.39, 0.29) is 10.0 Å². The molecule has 5 heteroatoms. The van der Waals surface area contributed by atoms with E-state index in [1.165, 1.54) is 17.4 Å². The van der Waals surface area contributed by atoms with Crippen LogP contribution in [0.1, 0.15) is 22.8 Å². The first-order valence-corrected chi connectivity index (χ1v) is 6.60. The quantitative estimate of drug-likeness (QED) is 0.824. The molecule has 2 rings (SSSR count). The SMILES string of the molecule is Cc1cscc1C(O)c1c(F)ccc(Br)c1F. The lowest BCUT2D eigenvalue weighted by Crippen LogP contribution is -2.06. The summed E-state index contributed by atoms with van der Waals surface area (Å²) in [5, 5.41) is 13.6. The Labute approximate surface area is 110 Å². The van der Waals surface area contributed by atoms with Gasteiger partial charge < -0.3 is 5.11 Å². The Morgan fingerprint density at radius 2 is 2.00 bits per heavy atom. The summed E-state index contributed by atoms with van der Waals surface area (Å²) >= 11 is 4.37. The van der Waals surface area contributed by atoms with Gasteiger partial charge in [-0.3, -0.25) is 0 Å². The summed E-state index contributed by atoms with van der Waals surface area (Å²) in [4.78, 5) is 0. The second-order valence-electron chi connectivity index (χ2n) is 3.67. The maximum absolute atomic E-state index is 13.8. The lowest BCUT2D eigenvalue weighted by Gasteiger charge is -2.13. The van der Waals surface area contributed by atoms with Gasteiger partial charge in [-0.1, -0.05) is 0 Å². The monoisotopic (exact) mass is 318 g/mol. The Morgan fingerprint density at radius 3 is 2.59 bits per heavy atom. The van der Waals surface area contributed by atoms with Gasteiger partial charge in [-0.2, -0.15) is 11.3 Å². The normalized spacial score (nSPS) is 12.8. The summed E-state index contributed by atoms with van der Waals surface area (Å²) in [6.07, 6.45) is -1.28. The van der Waals surface area contributed by atoms with Crippen molar-refractivity contribution in [2.45, 2.75) is 13.0 Å². The number of aryl methyl sites for hydroxylation is 1. The zero-order valence-electron chi connectivity index (χ0n) is 8.88. The molecule has 1 N–H and O–H groups in total. The third kappa shape index (κ3) is 2.27. The number of thiophene rings is 1. The Hall–Kier alpha value is -0.780. The molecule has 0 aliphatic heterocycles. The lowest BCUT2D eigenvalue weighted by atomic mass is 10.0. The van der Waals surface area contributed by atoms with Crippen molar-refractivity contribution in [2.75, 3.05) is 0 Å². The molecule has 0 bridgehead atoms. The topological polar surface area (TPSA) is 20.2 Å². The Kier molecular flexibility index (Phi) is 3.61. The van der Waals surface area contributed by atoms with E-state index in [0.29, 0.717) is 5.56 Å². The van der Waals surface area contributed by atoms with Gasteiger partial charge in [0, 0.05) is 0 Å². The summed E-state index contributed by atoms with van der Waals surface area (Å²) in [6, 6.07) is 2.41. The first-order chi connectivity index (χ1) is 8.02. The second-order valence-corrected chi connectivity index (χ2v) is 5.27. The van der Waals surface area contributed by atoms with Gasteiger partial charge in [0.1, 0.15) is 17.7 Å². The predicted octanol–water partition coefficient (Wildman–Crippen LogP) is 4.18. The molecular weight excluding hydrogens is 310 g/mol. The van der Waals surface area contributed by atoms with Crippen molar-refractivity contribution >= 4 is 27.3 Å². The maximum Gasteiger partial charge on any atom is 0.146 e. The van der Waals surface area contributed by atoms with E-state index >= 15 is 0 Å². The third-order valence-electron chi connectivity index (χ3n) is 2.54. The highest BCUT2D eigenvalue weighted by Gasteiger charge is 2.23. The highest BCUT2D eigenvalue weighted by atomic mass is 79.9. The van der Waals surface area contributed by atoms with Gasteiger partial charge in [-0.05, 0) is 56.9 Å². The number of aliphatic hydroxyl groups excluding tert-OH is 1. The predicted molar refractivity (Wildman–Crippen MR) is 67.2 cm³/mol. The molecule has 0 radical (unpaired) electrons. The van der Waals surface area contributed by atoms with Gasteiger partial charge in [0.05, 0.1) is 10.0 Å². The maximum atomic E-state index is 13.8. The number of rotatable bonds is 2. The van der Waals surface area contributed by atoms with E-state index in [0.717, 1.165) is 11.6 Å². The molecule has 1 atom stereocenters. The van der Waals surface area contributed by atoms with E-state index in [1.54, 1.807) is 12.3 Å². The zero-order chi connectivity index (χ0) is 12.6. The molecule has 0 amide bonds. The smallest absolute Gasteiger partial charge is 0.146 e. The summed E-state index contributed by atoms with van der Waals surface area (Å²) in [5.74, 6) is -1.51. The molecule has 17 heavy (non-hydrogen) atoms. The first-order valence-electron chi connectivity index (χ1n) is 4.86. The van der Waals surface area contributed by atoms with Crippen LogP contribution in [0.4, 0.5) is 8.78 Å². The zero-order valence-corrected chi connectivity index (χ0v) is 11.3. The van der Waals surface area contributed by atoms with Crippen LogP contribution in [-0.2, 0) is 0 Å². The van der Waals surface area contributed by atoms with Crippen LogP contribution in [0, 0.1) is 18.6 Å². The molecule has 1 nitrogen and oxygen atoms in total.